The number of aliphatic hydroxyl groups excluding tert-OH is 2. The average Bonchev–Trinajstić information content (AvgIpc) is 3.28. The highest BCUT2D eigenvalue weighted by molar-refractivity contribution is 7.21. The minimum atomic E-state index is -0.840. The summed E-state index contributed by atoms with van der Waals surface area (Å²) in [5, 5.41) is 28.8. The number of nitrogens with zero attached hydrogens (tertiary/aromatic N) is 4. The molecule has 0 saturated heterocycles. The third-order valence-electron chi connectivity index (χ3n) is 6.88. The number of hydrogen-bond acceptors (Lipinski definition) is 9. The molecule has 2 aliphatic carbocycles. The maximum absolute atomic E-state index is 10.7. The molecule has 4 N–H and O–H groups in total. The van der Waals surface area contributed by atoms with Crippen LogP contribution in [0.25, 0.3) is 20.8 Å². The molecule has 3 heterocycles. The lowest BCUT2D eigenvalue weighted by atomic mass is 9.93. The Morgan fingerprint density at radius 3 is 2.53 bits per heavy atom. The number of hydrogen-bond donors (Lipinski definition) is 4. The molecule has 3 aromatic rings. The fourth-order valence-electron chi connectivity index (χ4n) is 4.67. The van der Waals surface area contributed by atoms with Crippen molar-refractivity contribution < 1.29 is 10.2 Å². The van der Waals surface area contributed by atoms with Gasteiger partial charge in [-0.2, -0.15) is 4.98 Å². The van der Waals surface area contributed by atoms with E-state index < -0.39 is 12.2 Å². The normalized spacial score (nSPS) is 25.8. The molecule has 0 aromatic carbocycles. The van der Waals surface area contributed by atoms with E-state index in [1.54, 1.807) is 17.5 Å². The van der Waals surface area contributed by atoms with Gasteiger partial charge in [-0.05, 0) is 51.5 Å². The van der Waals surface area contributed by atoms with Gasteiger partial charge in [-0.3, -0.25) is 4.98 Å². The Bertz CT molecular complexity index is 1130. The van der Waals surface area contributed by atoms with E-state index in [0.29, 0.717) is 24.2 Å². The maximum atomic E-state index is 10.7. The summed E-state index contributed by atoms with van der Waals surface area (Å²) in [6, 6.07) is 2.10. The third kappa shape index (κ3) is 3.82. The molecule has 9 heteroatoms. The number of rotatable bonds is 6. The minimum Gasteiger partial charge on any atom is -0.390 e. The van der Waals surface area contributed by atoms with E-state index in [9.17, 15) is 10.2 Å². The van der Waals surface area contributed by atoms with Crippen molar-refractivity contribution in [3.8, 4) is 10.6 Å². The Hall–Kier alpha value is -2.36. The average molecular weight is 455 g/mol. The second-order valence-corrected chi connectivity index (χ2v) is 10.1. The molecule has 4 atom stereocenters. The zero-order valence-electron chi connectivity index (χ0n) is 18.7. The Morgan fingerprint density at radius 2 is 1.88 bits per heavy atom. The van der Waals surface area contributed by atoms with Crippen LogP contribution in [0.4, 0.5) is 11.8 Å². The number of aryl methyl sites for hydroxylation is 2. The van der Waals surface area contributed by atoms with Gasteiger partial charge >= 0.3 is 0 Å². The van der Waals surface area contributed by atoms with Crippen molar-refractivity contribution in [1.29, 1.82) is 0 Å². The largest absolute Gasteiger partial charge is 0.390 e. The maximum Gasteiger partial charge on any atom is 0.225 e. The molecule has 0 amide bonds. The van der Waals surface area contributed by atoms with Gasteiger partial charge < -0.3 is 20.8 Å². The molecule has 5 rings (SSSR count). The topological polar surface area (TPSA) is 116 Å². The molecule has 0 bridgehead atoms. The van der Waals surface area contributed by atoms with E-state index in [2.05, 4.69) is 15.6 Å². The van der Waals surface area contributed by atoms with Gasteiger partial charge in [0, 0.05) is 12.2 Å². The van der Waals surface area contributed by atoms with Crippen LogP contribution in [0.2, 0.25) is 0 Å². The van der Waals surface area contributed by atoms with Gasteiger partial charge in [-0.15, -0.1) is 11.3 Å². The third-order valence-corrected chi connectivity index (χ3v) is 7.92. The van der Waals surface area contributed by atoms with Crippen molar-refractivity contribution in [1.82, 2.24) is 19.9 Å². The molecule has 8 nitrogen and oxygen atoms in total. The van der Waals surface area contributed by atoms with Crippen LogP contribution in [0, 0.1) is 19.8 Å². The summed E-state index contributed by atoms with van der Waals surface area (Å²) in [6.07, 6.45) is 5.23. The van der Waals surface area contributed by atoms with Gasteiger partial charge in [0.1, 0.15) is 22.4 Å². The Morgan fingerprint density at radius 1 is 1.06 bits per heavy atom. The van der Waals surface area contributed by atoms with Gasteiger partial charge in [0.2, 0.25) is 5.95 Å². The van der Waals surface area contributed by atoms with Gasteiger partial charge in [-0.1, -0.05) is 13.3 Å². The van der Waals surface area contributed by atoms with Crippen molar-refractivity contribution in [2.45, 2.75) is 77.2 Å². The van der Waals surface area contributed by atoms with Crippen LogP contribution in [0.15, 0.2) is 12.3 Å². The number of thiazole rings is 1. The molecule has 0 unspecified atom stereocenters. The van der Waals surface area contributed by atoms with Crippen molar-refractivity contribution in [3.05, 3.63) is 23.7 Å². The van der Waals surface area contributed by atoms with Gasteiger partial charge in [0.25, 0.3) is 0 Å². The van der Waals surface area contributed by atoms with Crippen LogP contribution >= 0.6 is 11.3 Å². The first-order valence-corrected chi connectivity index (χ1v) is 12.3. The standard InChI is InChI=1S/C23H30N6O2S/c1-4-13-10-15(20(31)19(13)30)27-21-17(11(2)25-23(29-21)26-14-6-5-7-14)22-28-18-12(3)24-9-8-16(18)32-22/h8-9,13-15,19-20,30-31H,4-7,10H2,1-3H3,(H2,25,26,27,29)/t13-,15+,19+,20-/m0/s1. The smallest absolute Gasteiger partial charge is 0.225 e. The fourth-order valence-corrected chi connectivity index (χ4v) is 5.78. The number of anilines is 2. The van der Waals surface area contributed by atoms with Crippen LogP contribution in [0.1, 0.15) is 50.4 Å². The first-order chi connectivity index (χ1) is 15.4. The second-order valence-electron chi connectivity index (χ2n) is 9.03. The van der Waals surface area contributed by atoms with Crippen molar-refractivity contribution >= 4 is 33.3 Å². The second kappa shape index (κ2) is 8.53. The lowest BCUT2D eigenvalue weighted by molar-refractivity contribution is 0.0167. The summed E-state index contributed by atoms with van der Waals surface area (Å²) in [5.41, 5.74) is 3.44. The first kappa shape index (κ1) is 21.5. The molecule has 0 radical (unpaired) electrons. The van der Waals surface area contributed by atoms with Gasteiger partial charge in [0.05, 0.1) is 33.8 Å². The van der Waals surface area contributed by atoms with E-state index in [-0.39, 0.29) is 12.0 Å². The molecule has 2 aliphatic rings. The lowest BCUT2D eigenvalue weighted by Crippen LogP contribution is -2.35. The molecular weight excluding hydrogens is 424 g/mol. The molecule has 2 saturated carbocycles. The summed E-state index contributed by atoms with van der Waals surface area (Å²) in [4.78, 5) is 18.8. The quantitative estimate of drug-likeness (QED) is 0.446. The van der Waals surface area contributed by atoms with Crippen molar-refractivity contribution in [2.75, 3.05) is 10.6 Å². The van der Waals surface area contributed by atoms with Crippen LogP contribution in [-0.4, -0.2) is 54.4 Å². The predicted octanol–water partition coefficient (Wildman–Crippen LogP) is 3.66. The fraction of sp³-hybridized carbons (Fsp3) is 0.565. The molecular formula is C23H30N6O2S. The summed E-state index contributed by atoms with van der Waals surface area (Å²) in [6.45, 7) is 5.97. The number of fused-ring (bicyclic) bond motifs is 1. The minimum absolute atomic E-state index is 0.0673. The summed E-state index contributed by atoms with van der Waals surface area (Å²) in [7, 11) is 0. The van der Waals surface area contributed by atoms with Crippen molar-refractivity contribution in [2.24, 2.45) is 5.92 Å². The molecule has 32 heavy (non-hydrogen) atoms. The van der Waals surface area contributed by atoms with Crippen LogP contribution < -0.4 is 10.6 Å². The molecule has 170 valence electrons. The van der Waals surface area contributed by atoms with E-state index in [1.807, 2.05) is 26.8 Å². The summed E-state index contributed by atoms with van der Waals surface area (Å²) >= 11 is 1.59. The van der Waals surface area contributed by atoms with E-state index in [0.717, 1.165) is 51.4 Å². The number of aromatic nitrogens is 4. The summed E-state index contributed by atoms with van der Waals surface area (Å²) < 4.78 is 1.07. The molecule has 3 aromatic heterocycles. The van der Waals surface area contributed by atoms with Crippen LogP contribution in [-0.2, 0) is 0 Å². The van der Waals surface area contributed by atoms with E-state index >= 15 is 0 Å². The predicted molar refractivity (Wildman–Crippen MR) is 127 cm³/mol. The monoisotopic (exact) mass is 454 g/mol. The number of aliphatic hydroxyl groups is 2. The van der Waals surface area contributed by atoms with Gasteiger partial charge in [0.15, 0.2) is 0 Å². The zero-order chi connectivity index (χ0) is 22.4. The van der Waals surface area contributed by atoms with E-state index in [1.165, 1.54) is 6.42 Å². The Balaban J connectivity index is 1.56. The Labute approximate surface area is 191 Å². The number of nitrogens with one attached hydrogen (secondary N) is 2. The molecule has 2 fully saturated rings. The molecule has 0 aliphatic heterocycles. The summed E-state index contributed by atoms with van der Waals surface area (Å²) in [5.74, 6) is 1.31. The zero-order valence-corrected chi connectivity index (χ0v) is 19.5. The highest BCUT2D eigenvalue weighted by atomic mass is 32.1. The van der Waals surface area contributed by atoms with Gasteiger partial charge in [-0.25, -0.2) is 9.97 Å². The molecule has 0 spiro atoms. The highest BCUT2D eigenvalue weighted by Gasteiger charge is 2.41. The lowest BCUT2D eigenvalue weighted by Gasteiger charge is -2.27. The highest BCUT2D eigenvalue weighted by Crippen LogP contribution is 2.39. The number of pyridine rings is 1. The van der Waals surface area contributed by atoms with E-state index in [4.69, 9.17) is 15.0 Å². The Kier molecular flexibility index (Phi) is 5.73. The van der Waals surface area contributed by atoms with Crippen LogP contribution in [0.5, 0.6) is 0 Å². The van der Waals surface area contributed by atoms with Crippen LogP contribution in [0.3, 0.4) is 0 Å². The first-order valence-electron chi connectivity index (χ1n) is 11.4. The van der Waals surface area contributed by atoms with Crippen molar-refractivity contribution in [3.63, 3.8) is 0 Å². The SMILES string of the molecule is CC[C@H]1C[C@@H](Nc2nc(NC3CCC3)nc(C)c2-c2nc3c(C)nccc3s2)[C@H](O)[C@@H]1O.